The number of aromatic nitrogens is 3. The number of thiazole rings is 1. The summed E-state index contributed by atoms with van der Waals surface area (Å²) in [6.45, 7) is 1.05. The van der Waals surface area contributed by atoms with Gasteiger partial charge in [-0.2, -0.15) is 4.98 Å². The van der Waals surface area contributed by atoms with E-state index in [0.717, 1.165) is 0 Å². The van der Waals surface area contributed by atoms with E-state index in [9.17, 15) is 9.90 Å². The Bertz CT molecular complexity index is 1050. The van der Waals surface area contributed by atoms with Gasteiger partial charge in [-0.25, -0.2) is 14.8 Å². The number of nitrogen functional groups attached to an aromatic ring is 1. The summed E-state index contributed by atoms with van der Waals surface area (Å²) in [7, 11) is 1.55. The Labute approximate surface area is 176 Å². The number of aliphatic hydroxyl groups excluding tert-OH is 1. The molecule has 1 fully saturated rings. The summed E-state index contributed by atoms with van der Waals surface area (Å²) in [5, 5.41) is 14.0. The molecular formula is C18H21N7O4S. The summed E-state index contributed by atoms with van der Waals surface area (Å²) >= 11 is 1.38. The minimum absolute atomic E-state index is 0.165. The standard InChI is InChI=1S/C18H21N7O4S/c1-28-13-4-2-3-11(7-13)21-18(27)29-25-6-5-24(8-12(25)9-26)15-14-16(30-10-20-14)23-17(19)22-15/h2-4,7,10,12,26H,5-6,8-9H2,1H3,(H,21,27)(H2,19,22,23)/t12-/m0/s1. The van der Waals surface area contributed by atoms with Crippen LogP contribution in [0.25, 0.3) is 10.3 Å². The minimum atomic E-state index is -0.650. The summed E-state index contributed by atoms with van der Waals surface area (Å²) in [6, 6.07) is 6.50. The number of fused-ring (bicyclic) bond motifs is 1. The Hall–Kier alpha value is -3.22. The summed E-state index contributed by atoms with van der Waals surface area (Å²) in [5.74, 6) is 1.39. The number of benzene rings is 1. The van der Waals surface area contributed by atoms with E-state index in [4.69, 9.17) is 15.3 Å². The third-order valence-electron chi connectivity index (χ3n) is 4.65. The number of nitrogens with two attached hydrogens (primary N) is 1. The zero-order valence-corrected chi connectivity index (χ0v) is 17.0. The number of hydrogen-bond donors (Lipinski definition) is 3. The van der Waals surface area contributed by atoms with Gasteiger partial charge in [0.2, 0.25) is 5.95 Å². The number of rotatable bonds is 5. The highest BCUT2D eigenvalue weighted by Crippen LogP contribution is 2.28. The molecule has 11 nitrogen and oxygen atoms in total. The number of nitrogens with zero attached hydrogens (tertiary/aromatic N) is 5. The molecule has 158 valence electrons. The number of hydroxylamine groups is 2. The van der Waals surface area contributed by atoms with Crippen LogP contribution in [-0.2, 0) is 4.84 Å². The van der Waals surface area contributed by atoms with Crippen molar-refractivity contribution in [2.24, 2.45) is 0 Å². The number of carbonyl (C=O) groups excluding carboxylic acids is 1. The largest absolute Gasteiger partial charge is 0.497 e. The van der Waals surface area contributed by atoms with E-state index in [1.165, 1.54) is 16.4 Å². The zero-order valence-electron chi connectivity index (χ0n) is 16.2. The van der Waals surface area contributed by atoms with E-state index >= 15 is 0 Å². The molecule has 1 aromatic carbocycles. The highest BCUT2D eigenvalue weighted by Gasteiger charge is 2.31. The first-order chi connectivity index (χ1) is 14.6. The second-order valence-electron chi connectivity index (χ2n) is 6.57. The first-order valence-corrected chi connectivity index (χ1v) is 10.1. The van der Waals surface area contributed by atoms with Gasteiger partial charge in [-0.1, -0.05) is 6.07 Å². The van der Waals surface area contributed by atoms with Crippen molar-refractivity contribution in [1.82, 2.24) is 20.0 Å². The maximum absolute atomic E-state index is 12.3. The lowest BCUT2D eigenvalue weighted by atomic mass is 10.2. The summed E-state index contributed by atoms with van der Waals surface area (Å²) in [5.41, 5.74) is 8.72. The third-order valence-corrected chi connectivity index (χ3v) is 5.37. The molecule has 0 bridgehead atoms. The number of anilines is 3. The van der Waals surface area contributed by atoms with Crippen LogP contribution < -0.4 is 20.7 Å². The second kappa shape index (κ2) is 8.65. The average molecular weight is 431 g/mol. The first-order valence-electron chi connectivity index (χ1n) is 9.19. The first kappa shape index (κ1) is 20.1. The van der Waals surface area contributed by atoms with Crippen molar-refractivity contribution >= 4 is 45.2 Å². The van der Waals surface area contributed by atoms with Crippen LogP contribution in [0, 0.1) is 0 Å². The lowest BCUT2D eigenvalue weighted by molar-refractivity contribution is -0.140. The number of aliphatic hydroxyl groups is 1. The van der Waals surface area contributed by atoms with Crippen molar-refractivity contribution in [2.75, 3.05) is 49.3 Å². The molecule has 1 atom stereocenters. The summed E-state index contributed by atoms with van der Waals surface area (Å²) in [4.78, 5) is 33.3. The van der Waals surface area contributed by atoms with E-state index < -0.39 is 12.1 Å². The summed E-state index contributed by atoms with van der Waals surface area (Å²) < 4.78 is 5.14. The Morgan fingerprint density at radius 3 is 3.07 bits per heavy atom. The predicted octanol–water partition coefficient (Wildman–Crippen LogP) is 1.32. The highest BCUT2D eigenvalue weighted by atomic mass is 32.1. The maximum atomic E-state index is 12.3. The van der Waals surface area contributed by atoms with Crippen molar-refractivity contribution in [1.29, 1.82) is 0 Å². The van der Waals surface area contributed by atoms with Crippen LogP contribution in [0.4, 0.5) is 22.2 Å². The minimum Gasteiger partial charge on any atom is -0.497 e. The fourth-order valence-corrected chi connectivity index (χ4v) is 3.89. The molecule has 30 heavy (non-hydrogen) atoms. The van der Waals surface area contributed by atoms with Crippen molar-refractivity contribution in [3.63, 3.8) is 0 Å². The van der Waals surface area contributed by atoms with E-state index in [1.807, 2.05) is 4.90 Å². The van der Waals surface area contributed by atoms with Crippen molar-refractivity contribution in [3.8, 4) is 5.75 Å². The molecule has 2 aromatic heterocycles. The molecule has 3 heterocycles. The maximum Gasteiger partial charge on any atom is 0.430 e. The molecular weight excluding hydrogens is 410 g/mol. The van der Waals surface area contributed by atoms with Gasteiger partial charge in [-0.05, 0) is 12.1 Å². The zero-order chi connectivity index (χ0) is 21.1. The average Bonchev–Trinajstić information content (AvgIpc) is 3.22. The van der Waals surface area contributed by atoms with E-state index in [-0.39, 0.29) is 12.6 Å². The molecule has 0 saturated carbocycles. The molecule has 1 saturated heterocycles. The molecule has 1 aliphatic rings. The molecule has 0 spiro atoms. The van der Waals surface area contributed by atoms with Gasteiger partial charge in [-0.3, -0.25) is 5.32 Å². The number of amides is 1. The molecule has 1 aliphatic heterocycles. The fraction of sp³-hybridized carbons (Fsp3) is 0.333. The highest BCUT2D eigenvalue weighted by molar-refractivity contribution is 7.16. The van der Waals surface area contributed by atoms with Crippen LogP contribution in [0.1, 0.15) is 0 Å². The Morgan fingerprint density at radius 1 is 1.40 bits per heavy atom. The summed E-state index contributed by atoms with van der Waals surface area (Å²) in [6.07, 6.45) is -0.650. The number of carbonyl (C=O) groups is 1. The van der Waals surface area contributed by atoms with Crippen molar-refractivity contribution in [2.45, 2.75) is 6.04 Å². The molecule has 4 rings (SSSR count). The number of hydrogen-bond acceptors (Lipinski definition) is 11. The van der Waals surface area contributed by atoms with Gasteiger partial charge in [0.05, 0.1) is 31.8 Å². The number of methoxy groups -OCH3 is 1. The number of nitrogens with one attached hydrogen (secondary N) is 1. The van der Waals surface area contributed by atoms with Gasteiger partial charge in [0.25, 0.3) is 0 Å². The van der Waals surface area contributed by atoms with Crippen LogP contribution in [0.3, 0.4) is 0 Å². The third kappa shape index (κ3) is 4.20. The second-order valence-corrected chi connectivity index (χ2v) is 7.40. The lowest BCUT2D eigenvalue weighted by Gasteiger charge is -2.39. The van der Waals surface area contributed by atoms with Gasteiger partial charge in [0, 0.05) is 24.8 Å². The van der Waals surface area contributed by atoms with Gasteiger partial charge in [0.15, 0.2) is 10.6 Å². The van der Waals surface area contributed by atoms with Crippen LogP contribution in [0.15, 0.2) is 29.8 Å². The molecule has 0 unspecified atom stereocenters. The van der Waals surface area contributed by atoms with Gasteiger partial charge >= 0.3 is 6.09 Å². The van der Waals surface area contributed by atoms with Gasteiger partial charge in [-0.15, -0.1) is 16.4 Å². The molecule has 12 heteroatoms. The van der Waals surface area contributed by atoms with Crippen molar-refractivity contribution in [3.05, 3.63) is 29.8 Å². The topological polar surface area (TPSA) is 139 Å². The molecule has 1 amide bonds. The smallest absolute Gasteiger partial charge is 0.430 e. The van der Waals surface area contributed by atoms with Crippen LogP contribution in [0.5, 0.6) is 5.75 Å². The van der Waals surface area contributed by atoms with Crippen LogP contribution in [-0.4, -0.2) is 70.6 Å². The fourth-order valence-electron chi connectivity index (χ4n) is 3.23. The lowest BCUT2D eigenvalue weighted by Crippen LogP contribution is -2.55. The molecule has 0 radical (unpaired) electrons. The number of ether oxygens (including phenoxy) is 1. The quantitative estimate of drug-likeness (QED) is 0.542. The monoisotopic (exact) mass is 431 g/mol. The molecule has 3 aromatic rings. The van der Waals surface area contributed by atoms with Crippen molar-refractivity contribution < 1.29 is 19.5 Å². The normalized spacial score (nSPS) is 17.1. The Morgan fingerprint density at radius 2 is 2.27 bits per heavy atom. The van der Waals surface area contributed by atoms with Gasteiger partial charge in [0.1, 0.15) is 11.3 Å². The molecule has 4 N–H and O–H groups in total. The Kier molecular flexibility index (Phi) is 5.79. The van der Waals surface area contributed by atoms with E-state index in [0.29, 0.717) is 47.2 Å². The number of piperazine rings is 1. The van der Waals surface area contributed by atoms with Crippen LogP contribution >= 0.6 is 11.3 Å². The van der Waals surface area contributed by atoms with E-state index in [1.54, 1.807) is 36.9 Å². The van der Waals surface area contributed by atoms with Crippen LogP contribution in [0.2, 0.25) is 0 Å². The Balaban J connectivity index is 1.43. The van der Waals surface area contributed by atoms with Gasteiger partial charge < -0.3 is 25.3 Å². The predicted molar refractivity (Wildman–Crippen MR) is 113 cm³/mol. The molecule has 0 aliphatic carbocycles. The SMILES string of the molecule is COc1cccc(NC(=O)ON2CCN(c3nc(N)nc4scnc34)C[C@H]2CO)c1. The van der Waals surface area contributed by atoms with E-state index in [2.05, 4.69) is 20.3 Å².